The Kier molecular flexibility index (Phi) is 4.93. The van der Waals surface area contributed by atoms with Crippen LogP contribution in [-0.4, -0.2) is 16.8 Å². The Bertz CT molecular complexity index is 518. The van der Waals surface area contributed by atoms with Crippen molar-refractivity contribution in [1.29, 1.82) is 0 Å². The SMILES string of the molecule is CCCOc1ccccc1OCc1nnc(NN)s1. The van der Waals surface area contributed by atoms with Crippen LogP contribution >= 0.6 is 11.3 Å². The first-order valence-corrected chi connectivity index (χ1v) is 6.78. The van der Waals surface area contributed by atoms with E-state index in [1.54, 1.807) is 0 Å². The third kappa shape index (κ3) is 3.80. The van der Waals surface area contributed by atoms with Crippen LogP contribution in [0.5, 0.6) is 11.5 Å². The summed E-state index contributed by atoms with van der Waals surface area (Å²) in [7, 11) is 0. The standard InChI is InChI=1S/C12H16N4O2S/c1-2-7-17-9-5-3-4-6-10(9)18-8-11-15-16-12(14-13)19-11/h3-6H,2,7-8,13H2,1H3,(H,14,16). The number of anilines is 1. The van der Waals surface area contributed by atoms with Crippen LogP contribution in [0.2, 0.25) is 0 Å². The van der Waals surface area contributed by atoms with E-state index in [9.17, 15) is 0 Å². The lowest BCUT2D eigenvalue weighted by molar-refractivity contribution is 0.261. The van der Waals surface area contributed by atoms with Crippen LogP contribution in [0.1, 0.15) is 18.4 Å². The molecule has 19 heavy (non-hydrogen) atoms. The average Bonchev–Trinajstić information content (AvgIpc) is 2.91. The summed E-state index contributed by atoms with van der Waals surface area (Å²) in [6, 6.07) is 7.58. The van der Waals surface area contributed by atoms with Gasteiger partial charge in [-0.05, 0) is 18.6 Å². The highest BCUT2D eigenvalue weighted by Gasteiger charge is 2.07. The number of ether oxygens (including phenoxy) is 2. The number of rotatable bonds is 7. The molecule has 0 aliphatic heterocycles. The smallest absolute Gasteiger partial charge is 0.219 e. The van der Waals surface area contributed by atoms with Gasteiger partial charge in [-0.1, -0.05) is 30.4 Å². The Morgan fingerprint density at radius 2 is 1.95 bits per heavy atom. The molecule has 0 bridgehead atoms. The van der Waals surface area contributed by atoms with Crippen LogP contribution < -0.4 is 20.7 Å². The normalized spacial score (nSPS) is 10.2. The van der Waals surface area contributed by atoms with Gasteiger partial charge in [-0.3, -0.25) is 5.43 Å². The monoisotopic (exact) mass is 280 g/mol. The number of nitrogens with one attached hydrogen (secondary N) is 1. The lowest BCUT2D eigenvalue weighted by atomic mass is 10.3. The first-order chi connectivity index (χ1) is 9.33. The van der Waals surface area contributed by atoms with Crippen molar-refractivity contribution < 1.29 is 9.47 Å². The summed E-state index contributed by atoms with van der Waals surface area (Å²) >= 11 is 1.35. The molecule has 0 amide bonds. The molecule has 1 aromatic carbocycles. The fourth-order valence-corrected chi connectivity index (χ4v) is 1.97. The van der Waals surface area contributed by atoms with Crippen molar-refractivity contribution in [1.82, 2.24) is 10.2 Å². The van der Waals surface area contributed by atoms with Gasteiger partial charge in [0.15, 0.2) is 16.5 Å². The molecule has 3 N–H and O–H groups in total. The molecule has 0 saturated carbocycles. The molecule has 0 unspecified atom stereocenters. The minimum absolute atomic E-state index is 0.339. The summed E-state index contributed by atoms with van der Waals surface area (Å²) in [5.41, 5.74) is 2.45. The van der Waals surface area contributed by atoms with Crippen molar-refractivity contribution in [3.05, 3.63) is 29.3 Å². The zero-order valence-corrected chi connectivity index (χ0v) is 11.4. The summed E-state index contributed by atoms with van der Waals surface area (Å²) in [5.74, 6) is 6.69. The molecule has 2 aromatic rings. The number of nitrogen functional groups attached to an aromatic ring is 1. The average molecular weight is 280 g/mol. The summed E-state index contributed by atoms with van der Waals surface area (Å²) in [6.45, 7) is 3.07. The van der Waals surface area contributed by atoms with Crippen molar-refractivity contribution in [2.45, 2.75) is 20.0 Å². The Morgan fingerprint density at radius 1 is 1.21 bits per heavy atom. The quantitative estimate of drug-likeness (QED) is 0.597. The van der Waals surface area contributed by atoms with Gasteiger partial charge in [0.2, 0.25) is 5.13 Å². The van der Waals surface area contributed by atoms with Crippen LogP contribution in [0.25, 0.3) is 0 Å². The van der Waals surface area contributed by atoms with Gasteiger partial charge < -0.3 is 9.47 Å². The molecule has 7 heteroatoms. The lowest BCUT2D eigenvalue weighted by Gasteiger charge is -2.10. The van der Waals surface area contributed by atoms with E-state index in [2.05, 4.69) is 22.5 Å². The highest BCUT2D eigenvalue weighted by molar-refractivity contribution is 7.15. The van der Waals surface area contributed by atoms with E-state index in [1.807, 2.05) is 24.3 Å². The van der Waals surface area contributed by atoms with Gasteiger partial charge in [0.05, 0.1) is 6.61 Å². The number of aromatic nitrogens is 2. The Labute approximate surface area is 115 Å². The summed E-state index contributed by atoms with van der Waals surface area (Å²) in [4.78, 5) is 0. The number of para-hydroxylation sites is 2. The van der Waals surface area contributed by atoms with E-state index in [-0.39, 0.29) is 0 Å². The number of nitrogens with two attached hydrogens (primary N) is 1. The summed E-state index contributed by atoms with van der Waals surface area (Å²) < 4.78 is 11.3. The minimum Gasteiger partial charge on any atom is -0.490 e. The lowest BCUT2D eigenvalue weighted by Crippen LogP contribution is -2.05. The zero-order valence-electron chi connectivity index (χ0n) is 10.6. The second-order valence-corrected chi connectivity index (χ2v) is 4.79. The van der Waals surface area contributed by atoms with Crippen molar-refractivity contribution in [2.24, 2.45) is 5.84 Å². The van der Waals surface area contributed by atoms with Crippen LogP contribution in [-0.2, 0) is 6.61 Å². The predicted molar refractivity (Wildman–Crippen MR) is 74.3 cm³/mol. The molecule has 0 saturated heterocycles. The second kappa shape index (κ2) is 6.91. The van der Waals surface area contributed by atoms with E-state index in [1.165, 1.54) is 11.3 Å². The summed E-state index contributed by atoms with van der Waals surface area (Å²) in [6.07, 6.45) is 0.955. The molecule has 0 aliphatic carbocycles. The molecule has 6 nitrogen and oxygen atoms in total. The van der Waals surface area contributed by atoms with Crippen LogP contribution in [0.4, 0.5) is 5.13 Å². The number of hydrogen-bond acceptors (Lipinski definition) is 7. The topological polar surface area (TPSA) is 82.3 Å². The maximum absolute atomic E-state index is 5.69. The van der Waals surface area contributed by atoms with Gasteiger partial charge in [-0.25, -0.2) is 5.84 Å². The van der Waals surface area contributed by atoms with Gasteiger partial charge in [-0.15, -0.1) is 10.2 Å². The van der Waals surface area contributed by atoms with E-state index < -0.39 is 0 Å². The van der Waals surface area contributed by atoms with Crippen molar-refractivity contribution in [3.63, 3.8) is 0 Å². The molecular weight excluding hydrogens is 264 g/mol. The van der Waals surface area contributed by atoms with Gasteiger partial charge in [0.25, 0.3) is 0 Å². The van der Waals surface area contributed by atoms with Crippen LogP contribution in [0.15, 0.2) is 24.3 Å². The number of benzene rings is 1. The molecule has 0 aliphatic rings. The third-order valence-corrected chi connectivity index (χ3v) is 3.08. The fourth-order valence-electron chi connectivity index (χ4n) is 1.41. The van der Waals surface area contributed by atoms with E-state index in [4.69, 9.17) is 15.3 Å². The minimum atomic E-state index is 0.339. The van der Waals surface area contributed by atoms with Gasteiger partial charge in [0, 0.05) is 0 Å². The largest absolute Gasteiger partial charge is 0.490 e. The fraction of sp³-hybridized carbons (Fsp3) is 0.333. The van der Waals surface area contributed by atoms with Crippen molar-refractivity contribution in [2.75, 3.05) is 12.0 Å². The Balaban J connectivity index is 1.98. The molecule has 0 fully saturated rings. The van der Waals surface area contributed by atoms with Crippen LogP contribution in [0.3, 0.4) is 0 Å². The molecule has 1 aromatic heterocycles. The third-order valence-electron chi connectivity index (χ3n) is 2.25. The molecular formula is C12H16N4O2S. The zero-order chi connectivity index (χ0) is 13.5. The first-order valence-electron chi connectivity index (χ1n) is 5.97. The number of nitrogens with zero attached hydrogens (tertiary/aromatic N) is 2. The highest BCUT2D eigenvalue weighted by Crippen LogP contribution is 2.27. The number of hydrazine groups is 1. The molecule has 0 radical (unpaired) electrons. The van der Waals surface area contributed by atoms with Gasteiger partial charge in [-0.2, -0.15) is 0 Å². The predicted octanol–water partition coefficient (Wildman–Crippen LogP) is 2.19. The first kappa shape index (κ1) is 13.6. The molecule has 0 atom stereocenters. The maximum atomic E-state index is 5.69. The van der Waals surface area contributed by atoms with E-state index >= 15 is 0 Å². The number of hydrogen-bond donors (Lipinski definition) is 2. The highest BCUT2D eigenvalue weighted by atomic mass is 32.1. The second-order valence-electron chi connectivity index (χ2n) is 3.73. The maximum Gasteiger partial charge on any atom is 0.219 e. The van der Waals surface area contributed by atoms with Gasteiger partial charge in [0.1, 0.15) is 6.61 Å². The van der Waals surface area contributed by atoms with Crippen molar-refractivity contribution in [3.8, 4) is 11.5 Å². The molecule has 2 rings (SSSR count). The molecule has 1 heterocycles. The van der Waals surface area contributed by atoms with Gasteiger partial charge >= 0.3 is 0 Å². The van der Waals surface area contributed by atoms with Crippen LogP contribution in [0, 0.1) is 0 Å². The van der Waals surface area contributed by atoms with E-state index in [0.717, 1.165) is 17.2 Å². The Hall–Kier alpha value is -1.86. The molecule has 102 valence electrons. The van der Waals surface area contributed by atoms with Crippen molar-refractivity contribution >= 4 is 16.5 Å². The molecule has 0 spiro atoms. The Morgan fingerprint density at radius 3 is 2.58 bits per heavy atom. The summed E-state index contributed by atoms with van der Waals surface area (Å²) in [5, 5.41) is 9.11. The van der Waals surface area contributed by atoms with E-state index in [0.29, 0.717) is 24.1 Å².